The minimum atomic E-state index is -0.445. The Kier molecular flexibility index (Phi) is 7.95. The Morgan fingerprint density at radius 2 is 1.67 bits per heavy atom. The second-order valence-corrected chi connectivity index (χ2v) is 7.94. The Morgan fingerprint density at radius 1 is 0.867 bits per heavy atom. The highest BCUT2D eigenvalue weighted by atomic mass is 35.5. The van der Waals surface area contributed by atoms with Crippen molar-refractivity contribution in [1.29, 1.82) is 0 Å². The summed E-state index contributed by atoms with van der Waals surface area (Å²) in [5.41, 5.74) is 1.93. The third-order valence-corrected chi connectivity index (χ3v) is 5.58. The molecule has 3 rings (SSSR count). The first-order valence-corrected chi connectivity index (χ1v) is 10.6. The number of hydrogen-bond donors (Lipinski definition) is 1. The number of hydrogen-bond acceptors (Lipinski definition) is 3. The van der Waals surface area contributed by atoms with Crippen LogP contribution < -0.4 is 14.8 Å². The smallest absolute Gasteiger partial charge is 0.180 e. The molecule has 0 fully saturated rings. The molecule has 3 nitrogen and oxygen atoms in total. The van der Waals surface area contributed by atoms with Crippen LogP contribution in [0.5, 0.6) is 11.5 Å². The molecule has 1 N–H and O–H groups in total. The van der Waals surface area contributed by atoms with E-state index in [0.717, 1.165) is 11.3 Å². The van der Waals surface area contributed by atoms with E-state index in [0.29, 0.717) is 39.7 Å². The zero-order chi connectivity index (χ0) is 21.7. The van der Waals surface area contributed by atoms with E-state index in [-0.39, 0.29) is 17.2 Å². The van der Waals surface area contributed by atoms with Gasteiger partial charge in [-0.15, -0.1) is 0 Å². The zero-order valence-electron chi connectivity index (χ0n) is 15.9. The van der Waals surface area contributed by atoms with Gasteiger partial charge in [-0.2, -0.15) is 0 Å². The van der Waals surface area contributed by atoms with Gasteiger partial charge >= 0.3 is 0 Å². The summed E-state index contributed by atoms with van der Waals surface area (Å²) < 4.78 is 25.5. The summed E-state index contributed by atoms with van der Waals surface area (Å²) in [6.45, 7) is 2.66. The quantitative estimate of drug-likeness (QED) is 0.348. The maximum Gasteiger partial charge on any atom is 0.180 e. The molecule has 0 radical (unpaired) electrons. The van der Waals surface area contributed by atoms with Crippen molar-refractivity contribution >= 4 is 52.1 Å². The second-order valence-electron chi connectivity index (χ2n) is 6.31. The number of halogens is 5. The van der Waals surface area contributed by atoms with Crippen molar-refractivity contribution in [2.24, 2.45) is 0 Å². The van der Waals surface area contributed by atoms with Crippen LogP contribution in [0.1, 0.15) is 18.1 Å². The molecule has 0 amide bonds. The first-order valence-electron chi connectivity index (χ1n) is 9.09. The molecule has 0 heterocycles. The van der Waals surface area contributed by atoms with Gasteiger partial charge in [0.25, 0.3) is 0 Å². The van der Waals surface area contributed by atoms with Crippen molar-refractivity contribution in [1.82, 2.24) is 0 Å². The SMILES string of the molecule is CCOc1cc(CNc2ccc(Cl)c(Cl)c2)cc(Cl)c1OCc1c(F)cccc1Cl. The van der Waals surface area contributed by atoms with Crippen LogP contribution in [-0.4, -0.2) is 6.61 Å². The number of nitrogens with one attached hydrogen (secondary N) is 1. The third kappa shape index (κ3) is 5.64. The topological polar surface area (TPSA) is 30.5 Å². The van der Waals surface area contributed by atoms with Gasteiger partial charge in [0.1, 0.15) is 12.4 Å². The summed E-state index contributed by atoms with van der Waals surface area (Å²) in [7, 11) is 0. The summed E-state index contributed by atoms with van der Waals surface area (Å²) in [5.74, 6) is 0.346. The minimum absolute atomic E-state index is 0.0772. The minimum Gasteiger partial charge on any atom is -0.490 e. The highest BCUT2D eigenvalue weighted by Crippen LogP contribution is 2.38. The molecule has 0 aromatic heterocycles. The second kappa shape index (κ2) is 10.5. The van der Waals surface area contributed by atoms with E-state index in [1.54, 1.807) is 24.3 Å². The Bertz CT molecular complexity index is 1030. The van der Waals surface area contributed by atoms with Crippen LogP contribution >= 0.6 is 46.4 Å². The predicted molar refractivity (Wildman–Crippen MR) is 122 cm³/mol. The molecule has 0 aliphatic carbocycles. The van der Waals surface area contributed by atoms with Crippen LogP contribution in [0.4, 0.5) is 10.1 Å². The van der Waals surface area contributed by atoms with Crippen molar-refractivity contribution < 1.29 is 13.9 Å². The van der Waals surface area contributed by atoms with Crippen LogP contribution in [0, 0.1) is 5.82 Å². The molecule has 8 heteroatoms. The van der Waals surface area contributed by atoms with Crippen molar-refractivity contribution in [2.75, 3.05) is 11.9 Å². The molecule has 0 unspecified atom stereocenters. The zero-order valence-corrected chi connectivity index (χ0v) is 19.0. The van der Waals surface area contributed by atoms with Crippen LogP contribution in [0.15, 0.2) is 48.5 Å². The van der Waals surface area contributed by atoms with Crippen LogP contribution in [-0.2, 0) is 13.2 Å². The van der Waals surface area contributed by atoms with E-state index >= 15 is 0 Å². The van der Waals surface area contributed by atoms with E-state index < -0.39 is 5.82 Å². The van der Waals surface area contributed by atoms with E-state index in [1.165, 1.54) is 12.1 Å². The summed E-state index contributed by atoms with van der Waals surface area (Å²) in [6.07, 6.45) is 0. The molecular formula is C22H18Cl4FNO2. The highest BCUT2D eigenvalue weighted by molar-refractivity contribution is 6.42. The van der Waals surface area contributed by atoms with Crippen LogP contribution in [0.3, 0.4) is 0 Å². The molecule has 3 aromatic carbocycles. The fourth-order valence-corrected chi connectivity index (χ4v) is 3.55. The molecule has 0 atom stereocenters. The highest BCUT2D eigenvalue weighted by Gasteiger charge is 2.15. The summed E-state index contributed by atoms with van der Waals surface area (Å²) >= 11 is 24.5. The van der Waals surface area contributed by atoms with Gasteiger partial charge in [0.2, 0.25) is 0 Å². The lowest BCUT2D eigenvalue weighted by atomic mass is 10.2. The van der Waals surface area contributed by atoms with Gasteiger partial charge in [0.05, 0.1) is 26.7 Å². The van der Waals surface area contributed by atoms with Crippen molar-refractivity contribution in [3.63, 3.8) is 0 Å². The van der Waals surface area contributed by atoms with Crippen molar-refractivity contribution in [2.45, 2.75) is 20.1 Å². The maximum atomic E-state index is 14.0. The van der Waals surface area contributed by atoms with E-state index in [4.69, 9.17) is 55.9 Å². The molecule has 0 spiro atoms. The monoisotopic (exact) mass is 487 g/mol. The summed E-state index contributed by atoms with van der Waals surface area (Å²) in [5, 5.41) is 4.83. The third-order valence-electron chi connectivity index (χ3n) is 4.21. The predicted octanol–water partition coefficient (Wildman–Crippen LogP) is 8.03. The summed E-state index contributed by atoms with van der Waals surface area (Å²) in [4.78, 5) is 0. The Morgan fingerprint density at radius 3 is 2.37 bits per heavy atom. The molecular weight excluding hydrogens is 471 g/mol. The molecule has 3 aromatic rings. The Labute approximate surface area is 194 Å². The lowest BCUT2D eigenvalue weighted by molar-refractivity contribution is 0.266. The number of anilines is 1. The molecule has 158 valence electrons. The van der Waals surface area contributed by atoms with Gasteiger partial charge in [-0.05, 0) is 55.0 Å². The lowest BCUT2D eigenvalue weighted by Gasteiger charge is -2.16. The van der Waals surface area contributed by atoms with Gasteiger partial charge < -0.3 is 14.8 Å². The van der Waals surface area contributed by atoms with Crippen molar-refractivity contribution in [3.8, 4) is 11.5 Å². The molecule has 0 aliphatic heterocycles. The molecule has 0 saturated heterocycles. The van der Waals surface area contributed by atoms with E-state index in [2.05, 4.69) is 5.32 Å². The van der Waals surface area contributed by atoms with Crippen molar-refractivity contribution in [3.05, 3.63) is 85.6 Å². The number of ether oxygens (including phenoxy) is 2. The largest absolute Gasteiger partial charge is 0.490 e. The summed E-state index contributed by atoms with van der Waals surface area (Å²) in [6, 6.07) is 13.3. The average molecular weight is 489 g/mol. The first kappa shape index (κ1) is 22.8. The van der Waals surface area contributed by atoms with Gasteiger partial charge in [-0.1, -0.05) is 52.5 Å². The number of rotatable bonds is 8. The first-order chi connectivity index (χ1) is 14.4. The standard InChI is InChI=1S/C22H18Cl4FNO2/c1-2-29-21-9-13(11-28-14-6-7-17(24)18(25)10-14)8-19(26)22(21)30-12-15-16(23)4-3-5-20(15)27/h3-10,28H,2,11-12H2,1H3. The van der Waals surface area contributed by atoms with Gasteiger partial charge in [-0.25, -0.2) is 4.39 Å². The lowest BCUT2D eigenvalue weighted by Crippen LogP contribution is -2.05. The average Bonchev–Trinajstić information content (AvgIpc) is 2.70. The molecule has 30 heavy (non-hydrogen) atoms. The fourth-order valence-electron chi connectivity index (χ4n) is 2.75. The number of benzene rings is 3. The normalized spacial score (nSPS) is 10.7. The van der Waals surface area contributed by atoms with E-state index in [1.807, 2.05) is 19.1 Å². The fraction of sp³-hybridized carbons (Fsp3) is 0.182. The molecule has 0 saturated carbocycles. The molecule has 0 bridgehead atoms. The maximum absolute atomic E-state index is 14.0. The Balaban J connectivity index is 1.78. The molecule has 0 aliphatic rings. The van der Waals surface area contributed by atoms with Crippen LogP contribution in [0.2, 0.25) is 20.1 Å². The van der Waals surface area contributed by atoms with Crippen LogP contribution in [0.25, 0.3) is 0 Å². The van der Waals surface area contributed by atoms with Gasteiger partial charge in [0, 0.05) is 17.8 Å². The van der Waals surface area contributed by atoms with Gasteiger partial charge in [-0.3, -0.25) is 0 Å². The van der Waals surface area contributed by atoms with Gasteiger partial charge in [0.15, 0.2) is 11.5 Å². The Hall–Kier alpha value is -1.85. The van der Waals surface area contributed by atoms with E-state index in [9.17, 15) is 4.39 Å².